The number of aliphatic imine (C=N–C) groups is 1. The van der Waals surface area contributed by atoms with Crippen molar-refractivity contribution in [3.8, 4) is 11.3 Å². The first-order valence-electron chi connectivity index (χ1n) is 11.3. The second-order valence-electron chi connectivity index (χ2n) is 8.65. The fourth-order valence-electron chi connectivity index (χ4n) is 3.69. The summed E-state index contributed by atoms with van der Waals surface area (Å²) in [6, 6.07) is 8.04. The van der Waals surface area contributed by atoms with Gasteiger partial charge in [-0.15, -0.1) is 0 Å². The van der Waals surface area contributed by atoms with E-state index < -0.39 is 0 Å². The highest BCUT2D eigenvalue weighted by atomic mass is 16.5. The molecule has 1 aromatic heterocycles. The molecule has 1 saturated heterocycles. The van der Waals surface area contributed by atoms with Crippen LogP contribution in [0.15, 0.2) is 53.5 Å². The maximum atomic E-state index is 6.07. The highest BCUT2D eigenvalue weighted by molar-refractivity contribution is 5.79. The number of ether oxygens (including phenoxy) is 1. The molecule has 0 atom stereocenters. The molecule has 1 aliphatic heterocycles. The number of nitrogens with zero attached hydrogens (tertiary/aromatic N) is 4. The molecule has 32 heavy (non-hydrogen) atoms. The number of rotatable bonds is 8. The molecule has 0 bridgehead atoms. The van der Waals surface area contributed by atoms with E-state index in [0.717, 1.165) is 60.0 Å². The van der Waals surface area contributed by atoms with Crippen LogP contribution in [-0.4, -0.2) is 42.4 Å². The van der Waals surface area contributed by atoms with Crippen LogP contribution in [0.4, 0.5) is 11.6 Å². The number of anilines is 2. The molecule has 7 nitrogen and oxygen atoms in total. The average molecular weight is 433 g/mol. The van der Waals surface area contributed by atoms with Gasteiger partial charge < -0.3 is 21.1 Å². The topological polar surface area (TPSA) is 103 Å². The van der Waals surface area contributed by atoms with Gasteiger partial charge in [-0.1, -0.05) is 18.2 Å². The van der Waals surface area contributed by atoms with E-state index in [4.69, 9.17) is 21.2 Å². The molecular weight excluding hydrogens is 400 g/mol. The van der Waals surface area contributed by atoms with Crippen molar-refractivity contribution in [3.05, 3.63) is 54.1 Å². The van der Waals surface area contributed by atoms with Gasteiger partial charge in [0, 0.05) is 48.2 Å². The summed E-state index contributed by atoms with van der Waals surface area (Å²) in [6.07, 6.45) is 10.1. The second-order valence-corrected chi connectivity index (χ2v) is 8.65. The number of nitrogens with two attached hydrogens (primary N) is 2. The molecular formula is C25H32N6O. The number of aromatic nitrogens is 2. The molecule has 168 valence electrons. The normalized spacial score (nSPS) is 18.0. The summed E-state index contributed by atoms with van der Waals surface area (Å²) in [5, 5.41) is 0. The van der Waals surface area contributed by atoms with Gasteiger partial charge in [0.1, 0.15) is 0 Å². The Labute approximate surface area is 189 Å². The molecule has 1 aromatic carbocycles. The van der Waals surface area contributed by atoms with E-state index in [0.29, 0.717) is 18.4 Å². The molecule has 2 aliphatic rings. The van der Waals surface area contributed by atoms with Crippen LogP contribution in [0, 0.1) is 5.92 Å². The molecule has 2 aromatic rings. The van der Waals surface area contributed by atoms with Crippen LogP contribution < -0.4 is 16.4 Å². The Hall–Kier alpha value is -3.19. The molecule has 2 heterocycles. The standard InChI is InChI=1S/C25H32N6O/c1-17(3-10-23(28-2)32-16-18-4-5-18)22-15-29-25(31-13-11-21(27)12-14-31)30-24(22)19-6-8-20(26)9-7-19/h3,6-10,15,18,21H,2,4-5,11-14,16,26-27H2,1H3/b17-3+,23-10+. The number of benzene rings is 1. The van der Waals surface area contributed by atoms with Crippen LogP contribution in [0.1, 0.15) is 38.2 Å². The van der Waals surface area contributed by atoms with E-state index in [1.165, 1.54) is 12.8 Å². The van der Waals surface area contributed by atoms with Crippen molar-refractivity contribution in [2.45, 2.75) is 38.6 Å². The van der Waals surface area contributed by atoms with Crippen molar-refractivity contribution in [1.82, 2.24) is 9.97 Å². The van der Waals surface area contributed by atoms with Gasteiger partial charge in [-0.25, -0.2) is 15.0 Å². The summed E-state index contributed by atoms with van der Waals surface area (Å²) in [4.78, 5) is 15.9. The molecule has 4 rings (SSSR count). The molecule has 0 unspecified atom stereocenters. The minimum absolute atomic E-state index is 0.258. The number of hydrogen-bond donors (Lipinski definition) is 2. The summed E-state index contributed by atoms with van der Waals surface area (Å²) < 4.78 is 5.76. The predicted octanol–water partition coefficient (Wildman–Crippen LogP) is 4.03. The predicted molar refractivity (Wildman–Crippen MR) is 131 cm³/mol. The third-order valence-corrected chi connectivity index (χ3v) is 6.00. The van der Waals surface area contributed by atoms with E-state index in [2.05, 4.69) is 21.6 Å². The van der Waals surface area contributed by atoms with E-state index in [9.17, 15) is 0 Å². The summed E-state index contributed by atoms with van der Waals surface area (Å²) >= 11 is 0. The Bertz CT molecular complexity index is 1000. The Morgan fingerprint density at radius 2 is 1.91 bits per heavy atom. The second kappa shape index (κ2) is 9.96. The quantitative estimate of drug-likeness (QED) is 0.283. The van der Waals surface area contributed by atoms with E-state index in [1.54, 1.807) is 0 Å². The van der Waals surface area contributed by atoms with Gasteiger partial charge in [0.05, 0.1) is 12.3 Å². The molecule has 0 radical (unpaired) electrons. The van der Waals surface area contributed by atoms with Crippen LogP contribution in [0.25, 0.3) is 16.8 Å². The fraction of sp³-hybridized carbons (Fsp3) is 0.400. The molecule has 2 fully saturated rings. The van der Waals surface area contributed by atoms with E-state index in [1.807, 2.05) is 49.5 Å². The fourth-order valence-corrected chi connectivity index (χ4v) is 3.69. The van der Waals surface area contributed by atoms with Gasteiger partial charge in [-0.05, 0) is 62.9 Å². The zero-order valence-electron chi connectivity index (χ0n) is 18.7. The number of piperidine rings is 1. The van der Waals surface area contributed by atoms with E-state index >= 15 is 0 Å². The zero-order valence-corrected chi connectivity index (χ0v) is 18.7. The van der Waals surface area contributed by atoms with Crippen molar-refractivity contribution in [3.63, 3.8) is 0 Å². The third kappa shape index (κ3) is 5.53. The Kier molecular flexibility index (Phi) is 6.85. The summed E-state index contributed by atoms with van der Waals surface area (Å²) in [5.41, 5.74) is 16.5. The molecule has 0 amide bonds. The maximum absolute atomic E-state index is 6.07. The highest BCUT2D eigenvalue weighted by Crippen LogP contribution is 2.31. The van der Waals surface area contributed by atoms with Crippen molar-refractivity contribution >= 4 is 23.9 Å². The zero-order chi connectivity index (χ0) is 22.5. The van der Waals surface area contributed by atoms with Crippen LogP contribution in [0.3, 0.4) is 0 Å². The van der Waals surface area contributed by atoms with Gasteiger partial charge >= 0.3 is 0 Å². The molecule has 0 spiro atoms. The Balaban J connectivity index is 1.64. The van der Waals surface area contributed by atoms with Crippen molar-refractivity contribution in [2.75, 3.05) is 30.3 Å². The van der Waals surface area contributed by atoms with Crippen molar-refractivity contribution < 1.29 is 4.74 Å². The minimum atomic E-state index is 0.258. The SMILES string of the molecule is C=N/C(=C\C=C(/C)c1cnc(N2CCC(N)CC2)nc1-c1ccc(N)cc1)OCC1CC1. The first-order chi connectivity index (χ1) is 15.5. The first kappa shape index (κ1) is 22.0. The highest BCUT2D eigenvalue weighted by Gasteiger charge is 2.22. The van der Waals surface area contributed by atoms with Crippen LogP contribution >= 0.6 is 0 Å². The lowest BCUT2D eigenvalue weighted by atomic mass is 10.0. The van der Waals surface area contributed by atoms with Gasteiger partial charge in [0.25, 0.3) is 0 Å². The van der Waals surface area contributed by atoms with Gasteiger partial charge in [0.2, 0.25) is 11.8 Å². The third-order valence-electron chi connectivity index (χ3n) is 6.00. The minimum Gasteiger partial charge on any atom is -0.477 e. The Morgan fingerprint density at radius 3 is 2.56 bits per heavy atom. The molecule has 7 heteroatoms. The van der Waals surface area contributed by atoms with Gasteiger partial charge in [-0.3, -0.25) is 0 Å². The summed E-state index contributed by atoms with van der Waals surface area (Å²) in [6.45, 7) is 8.10. The maximum Gasteiger partial charge on any atom is 0.225 e. The molecule has 1 aliphatic carbocycles. The van der Waals surface area contributed by atoms with E-state index in [-0.39, 0.29) is 6.04 Å². The first-order valence-corrected chi connectivity index (χ1v) is 11.3. The van der Waals surface area contributed by atoms with Crippen molar-refractivity contribution in [1.29, 1.82) is 0 Å². The molecule has 4 N–H and O–H groups in total. The van der Waals surface area contributed by atoms with Crippen LogP contribution in [-0.2, 0) is 4.74 Å². The number of nitrogen functional groups attached to an aromatic ring is 1. The average Bonchev–Trinajstić information content (AvgIpc) is 3.64. The summed E-state index contributed by atoms with van der Waals surface area (Å²) in [7, 11) is 0. The lowest BCUT2D eigenvalue weighted by molar-refractivity contribution is 0.198. The van der Waals surface area contributed by atoms with Gasteiger partial charge in [-0.2, -0.15) is 0 Å². The lowest BCUT2D eigenvalue weighted by Gasteiger charge is -2.30. The largest absolute Gasteiger partial charge is 0.477 e. The lowest BCUT2D eigenvalue weighted by Crippen LogP contribution is -2.40. The molecule has 1 saturated carbocycles. The number of allylic oxidation sites excluding steroid dienone is 3. The van der Waals surface area contributed by atoms with Crippen LogP contribution in [0.5, 0.6) is 0 Å². The van der Waals surface area contributed by atoms with Gasteiger partial charge in [0.15, 0.2) is 0 Å². The van der Waals surface area contributed by atoms with Crippen molar-refractivity contribution in [2.24, 2.45) is 16.6 Å². The number of hydrogen-bond acceptors (Lipinski definition) is 7. The summed E-state index contributed by atoms with van der Waals surface area (Å²) in [5.74, 6) is 1.93. The monoisotopic (exact) mass is 432 g/mol. The van der Waals surface area contributed by atoms with Crippen LogP contribution in [0.2, 0.25) is 0 Å². The Morgan fingerprint density at radius 1 is 1.19 bits per heavy atom. The smallest absolute Gasteiger partial charge is 0.225 e.